The number of hydrogen-bond acceptors (Lipinski definition) is 3. The number of benzene rings is 1. The largest absolute Gasteiger partial charge is 0.454 e. The molecule has 130 valence electrons. The second kappa shape index (κ2) is 6.88. The number of halogens is 1. The van der Waals surface area contributed by atoms with E-state index in [-0.39, 0.29) is 5.91 Å². The van der Waals surface area contributed by atoms with Crippen LogP contribution in [0.3, 0.4) is 0 Å². The van der Waals surface area contributed by atoms with Gasteiger partial charge in [0, 0.05) is 5.69 Å². The van der Waals surface area contributed by atoms with E-state index in [1.165, 1.54) is 0 Å². The van der Waals surface area contributed by atoms with Crippen molar-refractivity contribution < 1.29 is 9.21 Å². The molecule has 0 spiro atoms. The fraction of sp³-hybridized carbons (Fsp3) is 0.263. The molecule has 0 atom stereocenters. The van der Waals surface area contributed by atoms with Gasteiger partial charge in [0.25, 0.3) is 5.91 Å². The van der Waals surface area contributed by atoms with Crippen molar-refractivity contribution in [3.63, 3.8) is 0 Å². The van der Waals surface area contributed by atoms with Gasteiger partial charge in [-0.1, -0.05) is 18.2 Å². The molecule has 5 nitrogen and oxygen atoms in total. The molecule has 1 N–H and O–H groups in total. The molecule has 0 aliphatic rings. The lowest BCUT2D eigenvalue weighted by Gasteiger charge is -2.10. The number of nitrogens with one attached hydrogen (secondary N) is 1. The summed E-state index contributed by atoms with van der Waals surface area (Å²) in [5.74, 6) is 0.723. The summed E-state index contributed by atoms with van der Waals surface area (Å²) >= 11 is 3.51. The zero-order valence-corrected chi connectivity index (χ0v) is 16.3. The summed E-state index contributed by atoms with van der Waals surface area (Å²) in [5, 5.41) is 7.39. The van der Waals surface area contributed by atoms with E-state index in [1.54, 1.807) is 6.07 Å². The highest BCUT2D eigenvalue weighted by Crippen LogP contribution is 2.23. The third-order valence-corrected chi connectivity index (χ3v) is 5.35. The quantitative estimate of drug-likeness (QED) is 0.684. The summed E-state index contributed by atoms with van der Waals surface area (Å²) in [6.07, 6.45) is 0. The minimum atomic E-state index is -0.252. The van der Waals surface area contributed by atoms with Crippen LogP contribution in [0.2, 0.25) is 0 Å². The molecule has 0 unspecified atom stereocenters. The summed E-state index contributed by atoms with van der Waals surface area (Å²) in [4.78, 5) is 12.5. The summed E-state index contributed by atoms with van der Waals surface area (Å²) in [7, 11) is 0. The van der Waals surface area contributed by atoms with Crippen molar-refractivity contribution in [1.29, 1.82) is 0 Å². The number of rotatable bonds is 4. The maximum atomic E-state index is 12.5. The number of aryl methyl sites for hydroxylation is 3. The number of carbonyl (C=O) groups is 1. The molecule has 0 saturated carbocycles. The van der Waals surface area contributed by atoms with Gasteiger partial charge in [-0.25, -0.2) is 0 Å². The Kier molecular flexibility index (Phi) is 4.81. The molecule has 0 bridgehead atoms. The standard InChI is InChI=1S/C19H20BrN3O2/c1-11-6-5-7-12(2)18(11)21-19(24)16-9-8-15(25-16)10-23-14(4)17(20)13(3)22-23/h5-9H,10H2,1-4H3,(H,21,24). The topological polar surface area (TPSA) is 60.1 Å². The monoisotopic (exact) mass is 401 g/mol. The van der Waals surface area contributed by atoms with Crippen LogP contribution in [0.5, 0.6) is 0 Å². The Hall–Kier alpha value is -2.34. The number of furan rings is 1. The van der Waals surface area contributed by atoms with Crippen LogP contribution in [0.15, 0.2) is 39.2 Å². The second-order valence-electron chi connectivity index (χ2n) is 6.13. The smallest absolute Gasteiger partial charge is 0.291 e. The highest BCUT2D eigenvalue weighted by atomic mass is 79.9. The molecule has 6 heteroatoms. The van der Waals surface area contributed by atoms with Crippen LogP contribution in [0, 0.1) is 27.7 Å². The normalized spacial score (nSPS) is 10.9. The van der Waals surface area contributed by atoms with Crippen molar-refractivity contribution in [2.75, 3.05) is 5.32 Å². The molecule has 0 aliphatic carbocycles. The van der Waals surface area contributed by atoms with Gasteiger partial charge in [-0.2, -0.15) is 5.10 Å². The molecular weight excluding hydrogens is 382 g/mol. The Bertz CT molecular complexity index is 920. The number of amides is 1. The predicted molar refractivity (Wildman–Crippen MR) is 101 cm³/mol. The van der Waals surface area contributed by atoms with Crippen LogP contribution in [-0.4, -0.2) is 15.7 Å². The molecule has 2 aromatic heterocycles. The highest BCUT2D eigenvalue weighted by molar-refractivity contribution is 9.10. The summed E-state index contributed by atoms with van der Waals surface area (Å²) in [5.41, 5.74) is 4.82. The molecule has 2 heterocycles. The van der Waals surface area contributed by atoms with Crippen LogP contribution in [0.25, 0.3) is 0 Å². The van der Waals surface area contributed by atoms with Crippen LogP contribution in [-0.2, 0) is 6.54 Å². The Morgan fingerprint density at radius 3 is 2.44 bits per heavy atom. The maximum Gasteiger partial charge on any atom is 0.291 e. The molecule has 1 aromatic carbocycles. The molecule has 3 aromatic rings. The zero-order valence-electron chi connectivity index (χ0n) is 14.7. The van der Waals surface area contributed by atoms with Crippen LogP contribution in [0.4, 0.5) is 5.69 Å². The van der Waals surface area contributed by atoms with E-state index >= 15 is 0 Å². The van der Waals surface area contributed by atoms with Gasteiger partial charge in [0.15, 0.2) is 5.76 Å². The number of nitrogens with zero attached hydrogens (tertiary/aromatic N) is 2. The van der Waals surface area contributed by atoms with Gasteiger partial charge in [0.05, 0.1) is 22.4 Å². The lowest BCUT2D eigenvalue weighted by molar-refractivity contribution is 0.0994. The number of aromatic nitrogens is 2. The van der Waals surface area contributed by atoms with E-state index in [1.807, 2.05) is 56.6 Å². The first-order valence-corrected chi connectivity index (χ1v) is 8.82. The minimum Gasteiger partial charge on any atom is -0.454 e. The number of hydrogen-bond donors (Lipinski definition) is 1. The van der Waals surface area contributed by atoms with Crippen molar-refractivity contribution in [2.24, 2.45) is 0 Å². The van der Waals surface area contributed by atoms with Crippen molar-refractivity contribution in [3.05, 3.63) is 68.8 Å². The molecule has 25 heavy (non-hydrogen) atoms. The third-order valence-electron chi connectivity index (χ3n) is 4.20. The zero-order chi connectivity index (χ0) is 18.1. The lowest BCUT2D eigenvalue weighted by atomic mass is 10.1. The summed E-state index contributed by atoms with van der Waals surface area (Å²) < 4.78 is 8.56. The highest BCUT2D eigenvalue weighted by Gasteiger charge is 2.15. The molecule has 3 rings (SSSR count). The van der Waals surface area contributed by atoms with Gasteiger partial charge in [-0.15, -0.1) is 0 Å². The first-order chi connectivity index (χ1) is 11.9. The first-order valence-electron chi connectivity index (χ1n) is 8.02. The Balaban J connectivity index is 1.77. The maximum absolute atomic E-state index is 12.5. The Labute approximate surface area is 155 Å². The SMILES string of the molecule is Cc1cccc(C)c1NC(=O)c1ccc(Cn2nc(C)c(Br)c2C)o1. The van der Waals surface area contributed by atoms with Gasteiger partial charge in [-0.3, -0.25) is 9.48 Å². The van der Waals surface area contributed by atoms with Crippen molar-refractivity contribution in [3.8, 4) is 0 Å². The average molecular weight is 402 g/mol. The van der Waals surface area contributed by atoms with Crippen LogP contribution < -0.4 is 5.32 Å². The number of carbonyl (C=O) groups excluding carboxylic acids is 1. The van der Waals surface area contributed by atoms with Crippen molar-refractivity contribution >= 4 is 27.5 Å². The first kappa shape index (κ1) is 17.5. The Morgan fingerprint density at radius 1 is 1.16 bits per heavy atom. The Morgan fingerprint density at radius 2 is 1.84 bits per heavy atom. The van der Waals surface area contributed by atoms with Crippen molar-refractivity contribution in [2.45, 2.75) is 34.2 Å². The van der Waals surface area contributed by atoms with Crippen LogP contribution >= 0.6 is 15.9 Å². The predicted octanol–water partition coefficient (Wildman–Crippen LogP) is 4.77. The minimum absolute atomic E-state index is 0.252. The van der Waals surface area contributed by atoms with E-state index in [9.17, 15) is 4.79 Å². The fourth-order valence-electron chi connectivity index (χ4n) is 2.75. The van der Waals surface area contributed by atoms with E-state index in [2.05, 4.69) is 26.3 Å². The van der Waals surface area contributed by atoms with Gasteiger partial charge < -0.3 is 9.73 Å². The molecule has 0 fully saturated rings. The molecular formula is C19H20BrN3O2. The van der Waals surface area contributed by atoms with Gasteiger partial charge in [0.2, 0.25) is 0 Å². The lowest BCUT2D eigenvalue weighted by Crippen LogP contribution is -2.13. The van der Waals surface area contributed by atoms with Gasteiger partial charge in [-0.05, 0) is 66.9 Å². The molecule has 0 saturated heterocycles. The van der Waals surface area contributed by atoms with E-state index in [4.69, 9.17) is 4.42 Å². The molecule has 1 amide bonds. The van der Waals surface area contributed by atoms with Crippen LogP contribution in [0.1, 0.15) is 38.8 Å². The van der Waals surface area contributed by atoms with Gasteiger partial charge >= 0.3 is 0 Å². The number of para-hydroxylation sites is 1. The van der Waals surface area contributed by atoms with Gasteiger partial charge in [0.1, 0.15) is 5.76 Å². The summed E-state index contributed by atoms with van der Waals surface area (Å²) in [6.45, 7) is 8.35. The second-order valence-corrected chi connectivity index (χ2v) is 6.92. The van der Waals surface area contributed by atoms with Crippen molar-refractivity contribution in [1.82, 2.24) is 9.78 Å². The fourth-order valence-corrected chi connectivity index (χ4v) is 3.03. The number of anilines is 1. The van der Waals surface area contributed by atoms with E-state index in [0.29, 0.717) is 18.1 Å². The summed E-state index contributed by atoms with van der Waals surface area (Å²) in [6, 6.07) is 9.41. The van der Waals surface area contributed by atoms with E-state index in [0.717, 1.165) is 32.7 Å². The molecule has 0 radical (unpaired) electrons. The van der Waals surface area contributed by atoms with E-state index < -0.39 is 0 Å². The third kappa shape index (κ3) is 3.54. The molecule has 0 aliphatic heterocycles. The average Bonchev–Trinajstić information content (AvgIpc) is 3.13.